The monoisotopic (exact) mass is 401 g/mol. The van der Waals surface area contributed by atoms with Crippen LogP contribution in [0.2, 0.25) is 0 Å². The number of rotatable bonds is 4. The summed E-state index contributed by atoms with van der Waals surface area (Å²) in [5.74, 6) is 2.30. The number of alkyl halides is 3. The Morgan fingerprint density at radius 3 is 2.48 bits per heavy atom. The Morgan fingerprint density at radius 1 is 1.14 bits per heavy atom. The SMILES string of the molecule is CN(c1ccnc(C2CC2)n1)C1CCN(c2ccc(C#N)c(C(F)(F)F)c2)CC1. The van der Waals surface area contributed by atoms with Crippen LogP contribution in [0.1, 0.15) is 48.6 Å². The van der Waals surface area contributed by atoms with E-state index in [1.807, 2.05) is 18.0 Å². The third-order valence-electron chi connectivity index (χ3n) is 5.77. The maximum atomic E-state index is 13.2. The van der Waals surface area contributed by atoms with Gasteiger partial charge in [0.25, 0.3) is 0 Å². The van der Waals surface area contributed by atoms with Crippen LogP contribution in [0.3, 0.4) is 0 Å². The van der Waals surface area contributed by atoms with Gasteiger partial charge in [0.1, 0.15) is 11.6 Å². The molecule has 1 aromatic heterocycles. The van der Waals surface area contributed by atoms with Gasteiger partial charge in [-0.05, 0) is 49.9 Å². The van der Waals surface area contributed by atoms with Crippen molar-refractivity contribution in [2.45, 2.75) is 43.8 Å². The van der Waals surface area contributed by atoms with E-state index >= 15 is 0 Å². The van der Waals surface area contributed by atoms with Crippen molar-refractivity contribution < 1.29 is 13.2 Å². The van der Waals surface area contributed by atoms with E-state index in [1.54, 1.807) is 18.3 Å². The Bertz CT molecular complexity index is 925. The molecule has 1 saturated carbocycles. The number of halogens is 3. The number of hydrogen-bond acceptors (Lipinski definition) is 5. The normalized spacial score (nSPS) is 17.8. The number of hydrogen-bond donors (Lipinski definition) is 0. The molecule has 0 bridgehead atoms. The van der Waals surface area contributed by atoms with E-state index < -0.39 is 11.7 Å². The quantitative estimate of drug-likeness (QED) is 0.762. The van der Waals surface area contributed by atoms with Crippen molar-refractivity contribution in [3.05, 3.63) is 47.4 Å². The van der Waals surface area contributed by atoms with E-state index in [0.29, 0.717) is 24.7 Å². The van der Waals surface area contributed by atoms with Crippen molar-refractivity contribution in [1.82, 2.24) is 9.97 Å². The third kappa shape index (κ3) is 4.14. The Balaban J connectivity index is 1.44. The molecular weight excluding hydrogens is 379 g/mol. The highest BCUT2D eigenvalue weighted by atomic mass is 19.4. The Kier molecular flexibility index (Phi) is 5.07. The molecule has 152 valence electrons. The molecule has 1 aromatic carbocycles. The predicted octanol–water partition coefficient (Wildman–Crippen LogP) is 4.35. The first-order valence-corrected chi connectivity index (χ1v) is 9.79. The van der Waals surface area contributed by atoms with E-state index in [4.69, 9.17) is 10.2 Å². The minimum atomic E-state index is -4.54. The fourth-order valence-corrected chi connectivity index (χ4v) is 3.86. The van der Waals surface area contributed by atoms with Crippen molar-refractivity contribution in [2.75, 3.05) is 29.9 Å². The highest BCUT2D eigenvalue weighted by Gasteiger charge is 2.35. The third-order valence-corrected chi connectivity index (χ3v) is 5.77. The molecule has 1 saturated heterocycles. The molecule has 1 aliphatic carbocycles. The van der Waals surface area contributed by atoms with Gasteiger partial charge < -0.3 is 9.80 Å². The van der Waals surface area contributed by atoms with Gasteiger partial charge in [-0.25, -0.2) is 9.97 Å². The van der Waals surface area contributed by atoms with Gasteiger partial charge in [0.05, 0.1) is 17.2 Å². The number of aromatic nitrogens is 2. The lowest BCUT2D eigenvalue weighted by Crippen LogP contribution is -2.44. The number of nitriles is 1. The second-order valence-electron chi connectivity index (χ2n) is 7.72. The average molecular weight is 401 g/mol. The Morgan fingerprint density at radius 2 is 1.86 bits per heavy atom. The molecule has 2 aromatic rings. The smallest absolute Gasteiger partial charge is 0.371 e. The zero-order chi connectivity index (χ0) is 20.6. The van der Waals surface area contributed by atoms with Crippen molar-refractivity contribution in [1.29, 1.82) is 5.26 Å². The van der Waals surface area contributed by atoms with Gasteiger partial charge in [0.15, 0.2) is 0 Å². The number of piperidine rings is 1. The fraction of sp³-hybridized carbons (Fsp3) is 0.476. The first-order chi connectivity index (χ1) is 13.9. The number of nitrogens with zero attached hydrogens (tertiary/aromatic N) is 5. The van der Waals surface area contributed by atoms with Crippen molar-refractivity contribution in [3.8, 4) is 6.07 Å². The second kappa shape index (κ2) is 7.54. The van der Waals surface area contributed by atoms with Crippen LogP contribution in [0, 0.1) is 11.3 Å². The molecule has 1 aliphatic heterocycles. The van der Waals surface area contributed by atoms with E-state index in [0.717, 1.165) is 43.4 Å². The topological polar surface area (TPSA) is 56.1 Å². The summed E-state index contributed by atoms with van der Waals surface area (Å²) in [5.41, 5.74) is -0.702. The summed E-state index contributed by atoms with van der Waals surface area (Å²) >= 11 is 0. The summed E-state index contributed by atoms with van der Waals surface area (Å²) in [6.07, 6.45) is 1.20. The molecule has 0 radical (unpaired) electrons. The van der Waals surface area contributed by atoms with Crippen LogP contribution < -0.4 is 9.80 Å². The van der Waals surface area contributed by atoms with Crippen LogP contribution in [-0.4, -0.2) is 36.1 Å². The largest absolute Gasteiger partial charge is 0.417 e. The van der Waals surface area contributed by atoms with Crippen molar-refractivity contribution >= 4 is 11.5 Å². The maximum absolute atomic E-state index is 13.2. The van der Waals surface area contributed by atoms with Crippen molar-refractivity contribution in [3.63, 3.8) is 0 Å². The van der Waals surface area contributed by atoms with Gasteiger partial charge in [0.2, 0.25) is 0 Å². The molecule has 0 atom stereocenters. The first kappa shape index (κ1) is 19.5. The maximum Gasteiger partial charge on any atom is 0.417 e. The predicted molar refractivity (Wildman–Crippen MR) is 104 cm³/mol. The fourth-order valence-electron chi connectivity index (χ4n) is 3.86. The van der Waals surface area contributed by atoms with Crippen LogP contribution in [0.15, 0.2) is 30.5 Å². The zero-order valence-corrected chi connectivity index (χ0v) is 16.2. The van der Waals surface area contributed by atoms with Crippen LogP contribution in [0.4, 0.5) is 24.7 Å². The molecule has 5 nitrogen and oxygen atoms in total. The molecule has 0 spiro atoms. The summed E-state index contributed by atoms with van der Waals surface area (Å²) in [6, 6.07) is 7.77. The lowest BCUT2D eigenvalue weighted by atomic mass is 10.0. The highest BCUT2D eigenvalue weighted by molar-refractivity contribution is 5.55. The molecule has 4 rings (SSSR count). The van der Waals surface area contributed by atoms with Crippen LogP contribution in [0.5, 0.6) is 0 Å². The summed E-state index contributed by atoms with van der Waals surface area (Å²) in [5, 5.41) is 8.97. The minimum Gasteiger partial charge on any atom is -0.371 e. The molecule has 8 heteroatoms. The molecule has 29 heavy (non-hydrogen) atoms. The van der Waals surface area contributed by atoms with Gasteiger partial charge in [0, 0.05) is 44.0 Å². The molecule has 2 heterocycles. The molecule has 0 unspecified atom stereocenters. The van der Waals surface area contributed by atoms with Gasteiger partial charge in [-0.1, -0.05) is 0 Å². The molecular formula is C21H22F3N5. The Hall–Kier alpha value is -2.82. The second-order valence-corrected chi connectivity index (χ2v) is 7.72. The van der Waals surface area contributed by atoms with Gasteiger partial charge in [-0.2, -0.15) is 18.4 Å². The number of benzene rings is 1. The minimum absolute atomic E-state index is 0.272. The highest BCUT2D eigenvalue weighted by Crippen LogP contribution is 2.38. The summed E-state index contributed by atoms with van der Waals surface area (Å²) in [6.45, 7) is 1.30. The molecule has 2 fully saturated rings. The Labute approximate surface area is 167 Å². The van der Waals surface area contributed by atoms with Crippen LogP contribution in [0.25, 0.3) is 0 Å². The van der Waals surface area contributed by atoms with Gasteiger partial charge >= 0.3 is 6.18 Å². The standard InChI is InChI=1S/C21H22F3N5/c1-28(19-6-9-26-20(27-19)14-2-3-14)16-7-10-29(11-8-16)17-5-4-15(13-25)18(12-17)21(22,23)24/h4-6,9,12,14,16H,2-3,7-8,10-11H2,1H3. The van der Waals surface area contributed by atoms with Crippen molar-refractivity contribution in [2.24, 2.45) is 0 Å². The van der Waals surface area contributed by atoms with E-state index in [-0.39, 0.29) is 11.6 Å². The molecule has 2 aliphatic rings. The first-order valence-electron chi connectivity index (χ1n) is 9.79. The zero-order valence-electron chi connectivity index (χ0n) is 16.2. The summed E-state index contributed by atoms with van der Waals surface area (Å²) < 4.78 is 39.7. The average Bonchev–Trinajstić information content (AvgIpc) is 3.58. The van der Waals surface area contributed by atoms with E-state index in [2.05, 4.69) is 9.88 Å². The summed E-state index contributed by atoms with van der Waals surface area (Å²) in [7, 11) is 2.02. The number of anilines is 2. The van der Waals surface area contributed by atoms with Crippen LogP contribution in [-0.2, 0) is 6.18 Å². The molecule has 0 N–H and O–H groups in total. The summed E-state index contributed by atoms with van der Waals surface area (Å²) in [4.78, 5) is 13.2. The van der Waals surface area contributed by atoms with Crippen LogP contribution >= 0.6 is 0 Å². The van der Waals surface area contributed by atoms with E-state index in [9.17, 15) is 13.2 Å². The molecule has 0 amide bonds. The van der Waals surface area contributed by atoms with Gasteiger partial charge in [-0.15, -0.1) is 0 Å². The van der Waals surface area contributed by atoms with E-state index in [1.165, 1.54) is 6.07 Å². The van der Waals surface area contributed by atoms with Gasteiger partial charge in [-0.3, -0.25) is 0 Å². The lowest BCUT2D eigenvalue weighted by Gasteiger charge is -2.38. The lowest BCUT2D eigenvalue weighted by molar-refractivity contribution is -0.137.